The molecule has 1 aliphatic heterocycles. The summed E-state index contributed by atoms with van der Waals surface area (Å²) in [6, 6.07) is -0.165. The zero-order valence-electron chi connectivity index (χ0n) is 13.2. The maximum Gasteiger partial charge on any atom is 0.323 e. The number of carbonyl (C=O) groups is 2. The third-order valence-corrected chi connectivity index (χ3v) is 3.77. The zero-order valence-corrected chi connectivity index (χ0v) is 13.2. The Morgan fingerprint density at radius 2 is 1.90 bits per heavy atom. The van der Waals surface area contributed by atoms with E-state index in [1.165, 1.54) is 4.90 Å². The van der Waals surface area contributed by atoms with Gasteiger partial charge in [0.1, 0.15) is 6.54 Å². The lowest BCUT2D eigenvalue weighted by Gasteiger charge is -2.46. The first kappa shape index (κ1) is 16.8. The van der Waals surface area contributed by atoms with E-state index in [4.69, 9.17) is 5.11 Å². The second-order valence-corrected chi connectivity index (χ2v) is 6.61. The summed E-state index contributed by atoms with van der Waals surface area (Å²) in [6.45, 7) is 10.5. The summed E-state index contributed by atoms with van der Waals surface area (Å²) >= 11 is 0. The average molecular weight is 285 g/mol. The van der Waals surface area contributed by atoms with Crippen LogP contribution in [0.15, 0.2) is 0 Å². The van der Waals surface area contributed by atoms with Crippen molar-refractivity contribution < 1.29 is 14.7 Å². The Hall–Kier alpha value is -1.30. The van der Waals surface area contributed by atoms with Crippen LogP contribution in [0, 0.1) is 5.92 Å². The van der Waals surface area contributed by atoms with Crippen molar-refractivity contribution in [2.45, 2.75) is 33.2 Å². The molecule has 1 saturated heterocycles. The number of amides is 2. The number of hydrogen-bond donors (Lipinski definition) is 1. The van der Waals surface area contributed by atoms with Crippen molar-refractivity contribution in [3.63, 3.8) is 0 Å². The normalized spacial score (nSPS) is 19.2. The van der Waals surface area contributed by atoms with Crippen LogP contribution in [0.5, 0.6) is 0 Å². The molecule has 1 aliphatic rings. The minimum Gasteiger partial charge on any atom is -0.480 e. The van der Waals surface area contributed by atoms with Crippen LogP contribution >= 0.6 is 0 Å². The first-order chi connectivity index (χ1) is 9.13. The van der Waals surface area contributed by atoms with Gasteiger partial charge in [-0.15, -0.1) is 0 Å². The number of carboxylic acid groups (broad SMARTS) is 1. The quantitative estimate of drug-likeness (QED) is 0.842. The number of rotatable bonds is 4. The molecule has 0 saturated carbocycles. The minimum atomic E-state index is -0.965. The van der Waals surface area contributed by atoms with E-state index >= 15 is 0 Å². The topological polar surface area (TPSA) is 64.1 Å². The fraction of sp³-hybridized carbons (Fsp3) is 0.857. The van der Waals surface area contributed by atoms with Crippen LogP contribution in [-0.4, -0.2) is 77.1 Å². The molecule has 0 radical (unpaired) electrons. The maximum atomic E-state index is 12.5. The molecule has 1 N–H and O–H groups in total. The first-order valence-corrected chi connectivity index (χ1v) is 7.10. The minimum absolute atomic E-state index is 0.0827. The molecule has 0 atom stereocenters. The van der Waals surface area contributed by atoms with Crippen molar-refractivity contribution in [1.29, 1.82) is 0 Å². The highest BCUT2D eigenvalue weighted by Gasteiger charge is 2.35. The second kappa shape index (κ2) is 6.43. The van der Waals surface area contributed by atoms with Gasteiger partial charge in [-0.2, -0.15) is 0 Å². The molecule has 20 heavy (non-hydrogen) atoms. The smallest absolute Gasteiger partial charge is 0.323 e. The maximum absolute atomic E-state index is 12.5. The van der Waals surface area contributed by atoms with Crippen LogP contribution in [-0.2, 0) is 4.79 Å². The standard InChI is InChI=1S/C14H27N3O3/c1-11(2)8-17(9-12(18)19)13(20)16-7-6-15(5)14(3,4)10-16/h11H,6-10H2,1-5H3,(H,18,19). The summed E-state index contributed by atoms with van der Waals surface area (Å²) in [5.74, 6) is -0.717. The molecular formula is C14H27N3O3. The van der Waals surface area contributed by atoms with Crippen LogP contribution in [0.4, 0.5) is 4.79 Å². The second-order valence-electron chi connectivity index (χ2n) is 6.61. The van der Waals surface area contributed by atoms with E-state index in [1.807, 2.05) is 20.9 Å². The van der Waals surface area contributed by atoms with E-state index in [1.54, 1.807) is 4.90 Å². The van der Waals surface area contributed by atoms with Crippen LogP contribution in [0.25, 0.3) is 0 Å². The Morgan fingerprint density at radius 3 is 2.35 bits per heavy atom. The molecular weight excluding hydrogens is 258 g/mol. The number of nitrogens with zero attached hydrogens (tertiary/aromatic N) is 3. The average Bonchev–Trinajstić information content (AvgIpc) is 2.29. The van der Waals surface area contributed by atoms with E-state index in [2.05, 4.69) is 18.7 Å². The van der Waals surface area contributed by atoms with Crippen LogP contribution in [0.3, 0.4) is 0 Å². The fourth-order valence-corrected chi connectivity index (χ4v) is 2.42. The molecule has 6 heteroatoms. The molecule has 0 aromatic carbocycles. The van der Waals surface area contributed by atoms with Gasteiger partial charge in [0.25, 0.3) is 0 Å². The number of likely N-dealkylation sites (N-methyl/N-ethyl adjacent to an activating group) is 1. The summed E-state index contributed by atoms with van der Waals surface area (Å²) in [5.41, 5.74) is -0.0827. The van der Waals surface area contributed by atoms with E-state index in [9.17, 15) is 9.59 Å². The van der Waals surface area contributed by atoms with Crippen molar-refractivity contribution in [1.82, 2.24) is 14.7 Å². The molecule has 0 unspecified atom stereocenters. The number of hydrogen-bond acceptors (Lipinski definition) is 3. The molecule has 1 heterocycles. The van der Waals surface area contributed by atoms with Gasteiger partial charge in [-0.05, 0) is 26.8 Å². The van der Waals surface area contributed by atoms with Crippen LogP contribution < -0.4 is 0 Å². The van der Waals surface area contributed by atoms with Crippen LogP contribution in [0.2, 0.25) is 0 Å². The summed E-state index contributed by atoms with van der Waals surface area (Å²) in [7, 11) is 2.05. The van der Waals surface area contributed by atoms with E-state index in [-0.39, 0.29) is 24.0 Å². The van der Waals surface area contributed by atoms with E-state index in [0.29, 0.717) is 19.6 Å². The highest BCUT2D eigenvalue weighted by molar-refractivity contribution is 5.80. The van der Waals surface area contributed by atoms with Gasteiger partial charge in [0.05, 0.1) is 0 Å². The Balaban J connectivity index is 2.76. The van der Waals surface area contributed by atoms with Crippen molar-refractivity contribution in [2.75, 3.05) is 39.8 Å². The number of piperazine rings is 1. The van der Waals surface area contributed by atoms with Gasteiger partial charge in [-0.25, -0.2) is 4.79 Å². The Kier molecular flexibility index (Phi) is 5.39. The molecule has 1 fully saturated rings. The zero-order chi connectivity index (χ0) is 15.5. The predicted molar refractivity (Wildman–Crippen MR) is 77.7 cm³/mol. The summed E-state index contributed by atoms with van der Waals surface area (Å²) in [4.78, 5) is 28.9. The predicted octanol–water partition coefficient (Wildman–Crippen LogP) is 1.17. The highest BCUT2D eigenvalue weighted by Crippen LogP contribution is 2.20. The third-order valence-electron chi connectivity index (χ3n) is 3.77. The lowest BCUT2D eigenvalue weighted by molar-refractivity contribution is -0.137. The molecule has 0 aliphatic carbocycles. The lowest BCUT2D eigenvalue weighted by Crippen LogP contribution is -2.61. The van der Waals surface area contributed by atoms with Crippen molar-refractivity contribution >= 4 is 12.0 Å². The fourth-order valence-electron chi connectivity index (χ4n) is 2.42. The SMILES string of the molecule is CC(C)CN(CC(=O)O)C(=O)N1CCN(C)C(C)(C)C1. The van der Waals surface area contributed by atoms with E-state index in [0.717, 1.165) is 6.54 Å². The van der Waals surface area contributed by atoms with Gasteiger partial charge in [-0.3, -0.25) is 9.69 Å². The summed E-state index contributed by atoms with van der Waals surface area (Å²) < 4.78 is 0. The molecule has 0 aromatic rings. The Morgan fingerprint density at radius 1 is 1.30 bits per heavy atom. The summed E-state index contributed by atoms with van der Waals surface area (Å²) in [5, 5.41) is 8.97. The van der Waals surface area contributed by atoms with Crippen molar-refractivity contribution in [3.8, 4) is 0 Å². The summed E-state index contributed by atoms with van der Waals surface area (Å²) in [6.07, 6.45) is 0. The Bertz CT molecular complexity index is 369. The van der Waals surface area contributed by atoms with Gasteiger partial charge in [-0.1, -0.05) is 13.8 Å². The molecule has 1 rings (SSSR count). The number of aliphatic carboxylic acids is 1. The molecule has 2 amide bonds. The first-order valence-electron chi connectivity index (χ1n) is 7.10. The number of urea groups is 1. The Labute approximate surface area is 121 Å². The van der Waals surface area contributed by atoms with Gasteiger partial charge in [0, 0.05) is 31.7 Å². The number of carboxylic acids is 1. The van der Waals surface area contributed by atoms with Crippen molar-refractivity contribution in [2.24, 2.45) is 5.92 Å². The monoisotopic (exact) mass is 285 g/mol. The highest BCUT2D eigenvalue weighted by atomic mass is 16.4. The molecule has 6 nitrogen and oxygen atoms in total. The van der Waals surface area contributed by atoms with Crippen LogP contribution in [0.1, 0.15) is 27.7 Å². The lowest BCUT2D eigenvalue weighted by atomic mass is 10.00. The molecule has 0 spiro atoms. The largest absolute Gasteiger partial charge is 0.480 e. The van der Waals surface area contributed by atoms with E-state index < -0.39 is 5.97 Å². The van der Waals surface area contributed by atoms with Gasteiger partial charge in [0.15, 0.2) is 0 Å². The number of carbonyl (C=O) groups excluding carboxylic acids is 1. The molecule has 116 valence electrons. The molecule has 0 bridgehead atoms. The van der Waals surface area contributed by atoms with Gasteiger partial charge in [0.2, 0.25) is 0 Å². The molecule has 0 aromatic heterocycles. The van der Waals surface area contributed by atoms with Crippen molar-refractivity contribution in [3.05, 3.63) is 0 Å². The third kappa shape index (κ3) is 4.37. The van der Waals surface area contributed by atoms with Gasteiger partial charge < -0.3 is 14.9 Å². The van der Waals surface area contributed by atoms with Gasteiger partial charge >= 0.3 is 12.0 Å².